The van der Waals surface area contributed by atoms with Crippen LogP contribution < -0.4 is 5.32 Å². The first-order valence-electron chi connectivity index (χ1n) is 6.82. The first-order chi connectivity index (χ1) is 9.65. The fraction of sp³-hybridized carbons (Fsp3) is 0.667. The zero-order valence-corrected chi connectivity index (χ0v) is 11.7. The van der Waals surface area contributed by atoms with E-state index in [1.54, 1.807) is 0 Å². The molecule has 7 nitrogen and oxygen atoms in total. The van der Waals surface area contributed by atoms with Crippen molar-refractivity contribution in [2.75, 3.05) is 18.4 Å². The van der Waals surface area contributed by atoms with Crippen molar-refractivity contribution in [2.24, 2.45) is 0 Å². The van der Waals surface area contributed by atoms with Crippen LogP contribution in [0.2, 0.25) is 5.28 Å². The number of piperidine rings is 1. The zero-order valence-electron chi connectivity index (χ0n) is 11.0. The van der Waals surface area contributed by atoms with Crippen LogP contribution in [0, 0.1) is 10.1 Å². The summed E-state index contributed by atoms with van der Waals surface area (Å²) in [7, 11) is 0. The minimum absolute atomic E-state index is 0.0246. The smallest absolute Gasteiger partial charge is 0.329 e. The Labute approximate surface area is 121 Å². The molecule has 1 aromatic heterocycles. The molecule has 108 valence electrons. The molecular weight excluding hydrogens is 282 g/mol. The summed E-state index contributed by atoms with van der Waals surface area (Å²) in [5.74, 6) is 0.229. The summed E-state index contributed by atoms with van der Waals surface area (Å²) in [5.41, 5.74) is -0.122. The third kappa shape index (κ3) is 2.55. The van der Waals surface area contributed by atoms with Gasteiger partial charge in [0.15, 0.2) is 0 Å². The highest BCUT2D eigenvalue weighted by Crippen LogP contribution is 2.31. The molecule has 2 atom stereocenters. The molecule has 0 saturated carbocycles. The Kier molecular flexibility index (Phi) is 3.71. The van der Waals surface area contributed by atoms with Crippen LogP contribution in [0.1, 0.15) is 25.7 Å². The van der Waals surface area contributed by atoms with E-state index in [2.05, 4.69) is 20.2 Å². The third-order valence-corrected chi connectivity index (χ3v) is 4.30. The SMILES string of the molecule is O=[N+]([O-])c1cnc(Cl)nc1NC1CCN2CCCCC12. The zero-order chi connectivity index (χ0) is 14.1. The first kappa shape index (κ1) is 13.5. The minimum Gasteiger partial charge on any atom is -0.360 e. The van der Waals surface area contributed by atoms with Gasteiger partial charge in [-0.1, -0.05) is 6.42 Å². The molecule has 3 rings (SSSR count). The summed E-state index contributed by atoms with van der Waals surface area (Å²) >= 11 is 5.75. The normalized spacial score (nSPS) is 26.2. The Morgan fingerprint density at radius 2 is 2.25 bits per heavy atom. The predicted molar refractivity (Wildman–Crippen MR) is 74.9 cm³/mol. The number of halogens is 1. The molecule has 0 aliphatic carbocycles. The highest BCUT2D eigenvalue weighted by Gasteiger charge is 2.36. The van der Waals surface area contributed by atoms with Gasteiger partial charge in [-0.2, -0.15) is 4.98 Å². The van der Waals surface area contributed by atoms with Gasteiger partial charge in [-0.3, -0.25) is 15.0 Å². The number of hydrogen-bond acceptors (Lipinski definition) is 6. The molecule has 0 radical (unpaired) electrons. The number of hydrogen-bond donors (Lipinski definition) is 1. The Hall–Kier alpha value is -1.47. The van der Waals surface area contributed by atoms with Gasteiger partial charge in [-0.05, 0) is 37.4 Å². The fourth-order valence-electron chi connectivity index (χ4n) is 3.19. The molecule has 1 N–H and O–H groups in total. The Morgan fingerprint density at radius 3 is 3.05 bits per heavy atom. The van der Waals surface area contributed by atoms with Gasteiger partial charge in [0, 0.05) is 18.6 Å². The highest BCUT2D eigenvalue weighted by molar-refractivity contribution is 6.28. The maximum Gasteiger partial charge on any atom is 0.329 e. The lowest BCUT2D eigenvalue weighted by Gasteiger charge is -2.32. The van der Waals surface area contributed by atoms with Gasteiger partial charge >= 0.3 is 5.69 Å². The molecular formula is C12H16ClN5O2. The van der Waals surface area contributed by atoms with Crippen molar-refractivity contribution in [3.8, 4) is 0 Å². The van der Waals surface area contributed by atoms with Gasteiger partial charge in [0.25, 0.3) is 0 Å². The first-order valence-corrected chi connectivity index (χ1v) is 7.20. The molecule has 0 aromatic carbocycles. The predicted octanol–water partition coefficient (Wildman–Crippen LogP) is 2.08. The second kappa shape index (κ2) is 5.49. The van der Waals surface area contributed by atoms with E-state index in [4.69, 9.17) is 11.6 Å². The van der Waals surface area contributed by atoms with E-state index < -0.39 is 4.92 Å². The number of aromatic nitrogens is 2. The van der Waals surface area contributed by atoms with E-state index in [1.165, 1.54) is 12.8 Å². The van der Waals surface area contributed by atoms with Crippen LogP contribution >= 0.6 is 11.6 Å². The lowest BCUT2D eigenvalue weighted by molar-refractivity contribution is -0.384. The summed E-state index contributed by atoms with van der Waals surface area (Å²) in [6, 6.07) is 0.636. The molecule has 0 bridgehead atoms. The summed E-state index contributed by atoms with van der Waals surface area (Å²) in [6.07, 6.45) is 5.72. The van der Waals surface area contributed by atoms with Gasteiger partial charge in [0.05, 0.1) is 4.92 Å². The standard InChI is InChI=1S/C12H16ClN5O2/c13-12-14-7-10(18(19)20)11(16-12)15-8-4-6-17-5-2-1-3-9(8)17/h7-9H,1-6H2,(H,14,15,16). The highest BCUT2D eigenvalue weighted by atomic mass is 35.5. The van der Waals surface area contributed by atoms with Crippen LogP contribution in [0.3, 0.4) is 0 Å². The molecule has 2 saturated heterocycles. The van der Waals surface area contributed by atoms with Crippen LogP contribution in [0.25, 0.3) is 0 Å². The number of nitrogens with zero attached hydrogens (tertiary/aromatic N) is 4. The Balaban J connectivity index is 1.80. The van der Waals surface area contributed by atoms with Crippen LogP contribution in [-0.2, 0) is 0 Å². The minimum atomic E-state index is -0.480. The van der Waals surface area contributed by atoms with Gasteiger partial charge in [0.2, 0.25) is 11.1 Å². The maximum absolute atomic E-state index is 11.0. The van der Waals surface area contributed by atoms with E-state index >= 15 is 0 Å². The van der Waals surface area contributed by atoms with E-state index in [0.29, 0.717) is 6.04 Å². The molecule has 2 aliphatic heterocycles. The Morgan fingerprint density at radius 1 is 1.40 bits per heavy atom. The summed E-state index contributed by atoms with van der Waals surface area (Å²) in [4.78, 5) is 20.7. The molecule has 20 heavy (non-hydrogen) atoms. The largest absolute Gasteiger partial charge is 0.360 e. The number of fused-ring (bicyclic) bond motifs is 1. The fourth-order valence-corrected chi connectivity index (χ4v) is 3.32. The average Bonchev–Trinajstić information content (AvgIpc) is 2.82. The van der Waals surface area contributed by atoms with E-state index in [9.17, 15) is 10.1 Å². The molecule has 2 fully saturated rings. The molecule has 3 heterocycles. The Bertz CT molecular complexity index is 527. The average molecular weight is 298 g/mol. The van der Waals surface area contributed by atoms with E-state index in [1.807, 2.05) is 0 Å². The van der Waals surface area contributed by atoms with Gasteiger partial charge in [-0.15, -0.1) is 0 Å². The van der Waals surface area contributed by atoms with Crippen molar-refractivity contribution in [2.45, 2.75) is 37.8 Å². The monoisotopic (exact) mass is 297 g/mol. The summed E-state index contributed by atoms with van der Waals surface area (Å²) in [5, 5.41) is 14.3. The molecule has 2 unspecified atom stereocenters. The number of anilines is 1. The molecule has 0 amide bonds. The van der Waals surface area contributed by atoms with Crippen molar-refractivity contribution in [3.05, 3.63) is 21.6 Å². The van der Waals surface area contributed by atoms with Gasteiger partial charge in [-0.25, -0.2) is 4.98 Å². The van der Waals surface area contributed by atoms with Crippen molar-refractivity contribution in [1.82, 2.24) is 14.9 Å². The van der Waals surface area contributed by atoms with Gasteiger partial charge in [0.1, 0.15) is 6.20 Å². The molecule has 8 heteroatoms. The lowest BCUT2D eigenvalue weighted by atomic mass is 9.99. The molecule has 2 aliphatic rings. The summed E-state index contributed by atoms with van der Waals surface area (Å²) in [6.45, 7) is 2.16. The summed E-state index contributed by atoms with van der Waals surface area (Å²) < 4.78 is 0. The quantitative estimate of drug-likeness (QED) is 0.522. The van der Waals surface area contributed by atoms with Crippen LogP contribution in [0.15, 0.2) is 6.20 Å². The van der Waals surface area contributed by atoms with E-state index in [-0.39, 0.29) is 22.8 Å². The second-order valence-corrected chi connectivity index (χ2v) is 5.61. The molecule has 0 spiro atoms. The van der Waals surface area contributed by atoms with Crippen molar-refractivity contribution in [1.29, 1.82) is 0 Å². The van der Waals surface area contributed by atoms with Gasteiger partial charge < -0.3 is 5.32 Å². The topological polar surface area (TPSA) is 84.2 Å². The number of nitrogens with one attached hydrogen (secondary N) is 1. The maximum atomic E-state index is 11.0. The lowest BCUT2D eigenvalue weighted by Crippen LogP contribution is -2.41. The number of nitro groups is 1. The van der Waals surface area contributed by atoms with Crippen molar-refractivity contribution >= 4 is 23.1 Å². The number of rotatable bonds is 3. The van der Waals surface area contributed by atoms with E-state index in [0.717, 1.165) is 32.1 Å². The second-order valence-electron chi connectivity index (χ2n) is 5.27. The van der Waals surface area contributed by atoms with Crippen molar-refractivity contribution in [3.63, 3.8) is 0 Å². The van der Waals surface area contributed by atoms with Crippen molar-refractivity contribution < 1.29 is 4.92 Å². The van der Waals surface area contributed by atoms with Crippen LogP contribution in [0.5, 0.6) is 0 Å². The third-order valence-electron chi connectivity index (χ3n) is 4.11. The van der Waals surface area contributed by atoms with Crippen LogP contribution in [-0.4, -0.2) is 45.0 Å². The van der Waals surface area contributed by atoms with Crippen LogP contribution in [0.4, 0.5) is 11.5 Å². The molecule has 1 aromatic rings.